The van der Waals surface area contributed by atoms with Gasteiger partial charge in [0.15, 0.2) is 0 Å². The van der Waals surface area contributed by atoms with E-state index >= 15 is 0 Å². The molecule has 2 atom stereocenters. The molecule has 2 heterocycles. The highest BCUT2D eigenvalue weighted by Crippen LogP contribution is 2.22. The SMILES string of the molecule is C[C@H](NC(=O)[C@@H]1CCCN(C(=O)c2cccs2)C1)c1ccccc1. The van der Waals surface area contributed by atoms with E-state index in [1.54, 1.807) is 0 Å². The fourth-order valence-corrected chi connectivity index (χ4v) is 3.78. The first-order valence-corrected chi connectivity index (χ1v) is 9.21. The predicted octanol–water partition coefficient (Wildman–Crippen LogP) is 3.48. The van der Waals surface area contributed by atoms with Gasteiger partial charge in [0.25, 0.3) is 5.91 Å². The van der Waals surface area contributed by atoms with E-state index in [-0.39, 0.29) is 23.8 Å². The molecule has 1 aliphatic rings. The first kappa shape index (κ1) is 16.7. The standard InChI is InChI=1S/C19H22N2O2S/c1-14(15-7-3-2-4-8-15)20-18(22)16-9-5-11-21(13-16)19(23)17-10-6-12-24-17/h2-4,6-8,10,12,14,16H,5,9,11,13H2,1H3,(H,20,22)/t14-,16+/m0/s1. The fourth-order valence-electron chi connectivity index (χ4n) is 3.09. The molecule has 0 unspecified atom stereocenters. The van der Waals surface area contributed by atoms with Gasteiger partial charge in [-0.25, -0.2) is 0 Å². The third-order valence-electron chi connectivity index (χ3n) is 4.47. The Labute approximate surface area is 146 Å². The molecule has 2 aromatic rings. The Kier molecular flexibility index (Phi) is 5.30. The number of benzene rings is 1. The second-order valence-corrected chi connectivity index (χ2v) is 7.16. The summed E-state index contributed by atoms with van der Waals surface area (Å²) in [7, 11) is 0. The summed E-state index contributed by atoms with van der Waals surface area (Å²) < 4.78 is 0. The molecule has 0 spiro atoms. The molecule has 126 valence electrons. The van der Waals surface area contributed by atoms with E-state index in [2.05, 4.69) is 5.32 Å². The van der Waals surface area contributed by atoms with Crippen molar-refractivity contribution in [2.24, 2.45) is 5.92 Å². The highest BCUT2D eigenvalue weighted by molar-refractivity contribution is 7.12. The van der Waals surface area contributed by atoms with Crippen molar-refractivity contribution < 1.29 is 9.59 Å². The van der Waals surface area contributed by atoms with E-state index in [0.29, 0.717) is 6.54 Å². The topological polar surface area (TPSA) is 49.4 Å². The molecule has 0 bridgehead atoms. The smallest absolute Gasteiger partial charge is 0.263 e. The number of carbonyl (C=O) groups is 2. The Morgan fingerprint density at radius 2 is 2.00 bits per heavy atom. The Hall–Kier alpha value is -2.14. The number of nitrogens with one attached hydrogen (secondary N) is 1. The highest BCUT2D eigenvalue weighted by atomic mass is 32.1. The average molecular weight is 342 g/mol. The molecule has 0 aliphatic carbocycles. The van der Waals surface area contributed by atoms with Crippen molar-refractivity contribution in [2.45, 2.75) is 25.8 Å². The number of piperidine rings is 1. The largest absolute Gasteiger partial charge is 0.349 e. The van der Waals surface area contributed by atoms with Gasteiger partial charge in [-0.05, 0) is 36.8 Å². The van der Waals surface area contributed by atoms with Crippen LogP contribution in [0.3, 0.4) is 0 Å². The molecule has 4 nitrogen and oxygen atoms in total. The van der Waals surface area contributed by atoms with Crippen LogP contribution in [0.15, 0.2) is 47.8 Å². The molecule has 1 N–H and O–H groups in total. The molecule has 3 rings (SSSR count). The van der Waals surface area contributed by atoms with Gasteiger partial charge >= 0.3 is 0 Å². The van der Waals surface area contributed by atoms with Crippen molar-refractivity contribution in [3.63, 3.8) is 0 Å². The Morgan fingerprint density at radius 1 is 1.21 bits per heavy atom. The van der Waals surface area contributed by atoms with Crippen LogP contribution in [0.1, 0.15) is 41.0 Å². The van der Waals surface area contributed by atoms with Crippen molar-refractivity contribution in [2.75, 3.05) is 13.1 Å². The van der Waals surface area contributed by atoms with Crippen LogP contribution in [0.5, 0.6) is 0 Å². The van der Waals surface area contributed by atoms with Gasteiger partial charge in [0, 0.05) is 13.1 Å². The minimum absolute atomic E-state index is 0.0259. The normalized spacial score (nSPS) is 18.9. The van der Waals surface area contributed by atoms with Crippen molar-refractivity contribution in [3.8, 4) is 0 Å². The minimum atomic E-state index is -0.131. The summed E-state index contributed by atoms with van der Waals surface area (Å²) in [6.45, 7) is 3.23. The first-order valence-electron chi connectivity index (χ1n) is 8.33. The van der Waals surface area contributed by atoms with Crippen molar-refractivity contribution >= 4 is 23.2 Å². The molecular formula is C19H22N2O2S. The summed E-state index contributed by atoms with van der Waals surface area (Å²) >= 11 is 1.45. The molecule has 0 saturated carbocycles. The molecule has 5 heteroatoms. The molecule has 1 fully saturated rings. The number of amides is 2. The average Bonchev–Trinajstić information content (AvgIpc) is 3.16. The monoisotopic (exact) mass is 342 g/mol. The second kappa shape index (κ2) is 7.62. The number of hydrogen-bond acceptors (Lipinski definition) is 3. The molecular weight excluding hydrogens is 320 g/mol. The summed E-state index contributed by atoms with van der Waals surface area (Å²) in [5, 5.41) is 4.99. The van der Waals surface area contributed by atoms with Crippen LogP contribution >= 0.6 is 11.3 Å². The van der Waals surface area contributed by atoms with Crippen LogP contribution in [0.25, 0.3) is 0 Å². The van der Waals surface area contributed by atoms with E-state index in [0.717, 1.165) is 29.8 Å². The molecule has 1 aromatic heterocycles. The van der Waals surface area contributed by atoms with Crippen LogP contribution in [0.2, 0.25) is 0 Å². The summed E-state index contributed by atoms with van der Waals surface area (Å²) in [5.41, 5.74) is 1.09. The van der Waals surface area contributed by atoms with Gasteiger partial charge in [-0.15, -0.1) is 11.3 Å². The van der Waals surface area contributed by atoms with Gasteiger partial charge in [0.1, 0.15) is 0 Å². The number of hydrogen-bond donors (Lipinski definition) is 1. The third kappa shape index (κ3) is 3.85. The van der Waals surface area contributed by atoms with E-state index in [1.165, 1.54) is 11.3 Å². The fraction of sp³-hybridized carbons (Fsp3) is 0.368. The molecule has 1 aromatic carbocycles. The van der Waals surface area contributed by atoms with Gasteiger partial charge in [0.2, 0.25) is 5.91 Å². The van der Waals surface area contributed by atoms with E-state index in [4.69, 9.17) is 0 Å². The molecule has 1 saturated heterocycles. The first-order chi connectivity index (χ1) is 11.6. The zero-order valence-corrected chi connectivity index (χ0v) is 14.6. The summed E-state index contributed by atoms with van der Waals surface area (Å²) in [5.74, 6) is -0.0533. The Balaban J connectivity index is 1.60. The van der Waals surface area contributed by atoms with E-state index in [1.807, 2.05) is 59.7 Å². The van der Waals surface area contributed by atoms with Crippen LogP contribution in [-0.2, 0) is 4.79 Å². The van der Waals surface area contributed by atoms with Gasteiger partial charge in [-0.2, -0.15) is 0 Å². The number of thiophene rings is 1. The zero-order valence-electron chi connectivity index (χ0n) is 13.8. The maximum absolute atomic E-state index is 12.6. The highest BCUT2D eigenvalue weighted by Gasteiger charge is 2.29. The van der Waals surface area contributed by atoms with Crippen LogP contribution < -0.4 is 5.32 Å². The van der Waals surface area contributed by atoms with Gasteiger partial charge < -0.3 is 10.2 Å². The predicted molar refractivity (Wildman–Crippen MR) is 95.9 cm³/mol. The lowest BCUT2D eigenvalue weighted by molar-refractivity contribution is -0.127. The number of carbonyl (C=O) groups excluding carboxylic acids is 2. The third-order valence-corrected chi connectivity index (χ3v) is 5.33. The summed E-state index contributed by atoms with van der Waals surface area (Å²) in [6.07, 6.45) is 1.70. The maximum atomic E-state index is 12.6. The molecule has 24 heavy (non-hydrogen) atoms. The molecule has 1 aliphatic heterocycles. The minimum Gasteiger partial charge on any atom is -0.349 e. The van der Waals surface area contributed by atoms with E-state index < -0.39 is 0 Å². The number of likely N-dealkylation sites (tertiary alicyclic amines) is 1. The Morgan fingerprint density at radius 3 is 2.71 bits per heavy atom. The number of nitrogens with zero attached hydrogens (tertiary/aromatic N) is 1. The van der Waals surface area contributed by atoms with Crippen LogP contribution in [0.4, 0.5) is 0 Å². The lowest BCUT2D eigenvalue weighted by Gasteiger charge is -2.32. The quantitative estimate of drug-likeness (QED) is 0.925. The van der Waals surface area contributed by atoms with Crippen LogP contribution in [0, 0.1) is 5.92 Å². The lowest BCUT2D eigenvalue weighted by atomic mass is 9.96. The molecule has 0 radical (unpaired) electrons. The van der Waals surface area contributed by atoms with Gasteiger partial charge in [-0.3, -0.25) is 9.59 Å². The zero-order chi connectivity index (χ0) is 16.9. The van der Waals surface area contributed by atoms with Crippen molar-refractivity contribution in [1.29, 1.82) is 0 Å². The summed E-state index contributed by atoms with van der Waals surface area (Å²) in [6, 6.07) is 13.6. The van der Waals surface area contributed by atoms with Crippen molar-refractivity contribution in [1.82, 2.24) is 10.2 Å². The lowest BCUT2D eigenvalue weighted by Crippen LogP contribution is -2.45. The molecule has 2 amide bonds. The van der Waals surface area contributed by atoms with Crippen molar-refractivity contribution in [3.05, 3.63) is 58.3 Å². The Bertz CT molecular complexity index is 685. The van der Waals surface area contributed by atoms with E-state index in [9.17, 15) is 9.59 Å². The van der Waals surface area contributed by atoms with Gasteiger partial charge in [0.05, 0.1) is 16.8 Å². The second-order valence-electron chi connectivity index (χ2n) is 6.21. The maximum Gasteiger partial charge on any atom is 0.263 e. The van der Waals surface area contributed by atoms with Gasteiger partial charge in [-0.1, -0.05) is 36.4 Å². The summed E-state index contributed by atoms with van der Waals surface area (Å²) in [4.78, 5) is 27.6. The van der Waals surface area contributed by atoms with Crippen LogP contribution in [-0.4, -0.2) is 29.8 Å². The number of rotatable bonds is 4.